The van der Waals surface area contributed by atoms with Crippen molar-refractivity contribution in [3.63, 3.8) is 0 Å². The maximum atomic E-state index is 12.5. The molecule has 0 aliphatic carbocycles. The first-order chi connectivity index (χ1) is 12.1. The van der Waals surface area contributed by atoms with Crippen molar-refractivity contribution in [1.29, 1.82) is 0 Å². The quantitative estimate of drug-likeness (QED) is 0.548. The highest BCUT2D eigenvalue weighted by molar-refractivity contribution is 6.09. The zero-order chi connectivity index (χ0) is 17.6. The Kier molecular flexibility index (Phi) is 5.53. The molecule has 0 bridgehead atoms. The van der Waals surface area contributed by atoms with Gasteiger partial charge in [0.25, 0.3) is 0 Å². The van der Waals surface area contributed by atoms with Gasteiger partial charge in [-0.15, -0.1) is 0 Å². The fourth-order valence-electron chi connectivity index (χ4n) is 2.70. The number of hydrogen-bond acceptors (Lipinski definition) is 6. The monoisotopic (exact) mass is 341 g/mol. The Hall–Kier alpha value is -2.57. The molecule has 6 nitrogen and oxygen atoms in total. The van der Waals surface area contributed by atoms with E-state index in [-0.39, 0.29) is 11.9 Å². The summed E-state index contributed by atoms with van der Waals surface area (Å²) in [6, 6.07) is 12.0. The zero-order valence-corrected chi connectivity index (χ0v) is 14.0. The van der Waals surface area contributed by atoms with E-state index in [9.17, 15) is 4.79 Å². The number of nitrogen functional groups attached to an aromatic ring is 2. The molecule has 0 aromatic heterocycles. The number of hydrogen-bond donors (Lipinski definition) is 3. The Morgan fingerprint density at radius 2 is 1.88 bits per heavy atom. The van der Waals surface area contributed by atoms with Crippen LogP contribution in [0.1, 0.15) is 22.3 Å². The number of anilines is 2. The van der Waals surface area contributed by atoms with Gasteiger partial charge in [-0.2, -0.15) is 0 Å². The highest BCUT2D eigenvalue weighted by Gasteiger charge is 2.13. The third-order valence-electron chi connectivity index (χ3n) is 4.18. The van der Waals surface area contributed by atoms with Crippen LogP contribution < -0.4 is 21.5 Å². The summed E-state index contributed by atoms with van der Waals surface area (Å²) in [6.45, 7) is 3.10. The second-order valence-corrected chi connectivity index (χ2v) is 6.03. The minimum Gasteiger partial charge on any atom is -0.493 e. The normalized spacial score (nSPS) is 17.2. The van der Waals surface area contributed by atoms with Gasteiger partial charge in [0, 0.05) is 30.6 Å². The standard InChI is InChI=1S/C19H23N3O3/c20-17-6-3-14(11-18(17)21)19(23)13-1-4-15(5-2-13)24-9-7-16-12-22-8-10-25-16/h1-6,11,16,22H,7-10,12,20-21H2. The van der Waals surface area contributed by atoms with Crippen molar-refractivity contribution in [2.75, 3.05) is 37.8 Å². The second kappa shape index (κ2) is 8.00. The number of carbonyl (C=O) groups excluding carboxylic acids is 1. The topological polar surface area (TPSA) is 99.6 Å². The predicted octanol–water partition coefficient (Wildman–Crippen LogP) is 1.84. The van der Waals surface area contributed by atoms with E-state index in [1.807, 2.05) is 0 Å². The van der Waals surface area contributed by atoms with E-state index in [2.05, 4.69) is 5.32 Å². The van der Waals surface area contributed by atoms with Gasteiger partial charge in [0.15, 0.2) is 5.78 Å². The predicted molar refractivity (Wildman–Crippen MR) is 97.9 cm³/mol. The first-order valence-corrected chi connectivity index (χ1v) is 8.38. The Balaban J connectivity index is 1.55. The van der Waals surface area contributed by atoms with Gasteiger partial charge in [-0.3, -0.25) is 4.79 Å². The fourth-order valence-corrected chi connectivity index (χ4v) is 2.70. The number of nitrogens with one attached hydrogen (secondary N) is 1. The van der Waals surface area contributed by atoms with E-state index in [0.29, 0.717) is 29.1 Å². The van der Waals surface area contributed by atoms with Crippen LogP contribution in [0, 0.1) is 0 Å². The molecule has 1 unspecified atom stereocenters. The van der Waals surface area contributed by atoms with Crippen LogP contribution in [-0.2, 0) is 4.74 Å². The van der Waals surface area contributed by atoms with Crippen LogP contribution in [0.4, 0.5) is 11.4 Å². The van der Waals surface area contributed by atoms with Gasteiger partial charge in [-0.25, -0.2) is 0 Å². The van der Waals surface area contributed by atoms with E-state index in [1.165, 1.54) is 0 Å². The Bertz CT molecular complexity index is 725. The van der Waals surface area contributed by atoms with E-state index in [1.54, 1.807) is 42.5 Å². The Labute approximate surface area is 147 Å². The van der Waals surface area contributed by atoms with Crippen molar-refractivity contribution in [3.8, 4) is 5.75 Å². The average molecular weight is 341 g/mol. The van der Waals surface area contributed by atoms with Crippen molar-refractivity contribution in [2.45, 2.75) is 12.5 Å². The molecule has 132 valence electrons. The van der Waals surface area contributed by atoms with E-state index >= 15 is 0 Å². The lowest BCUT2D eigenvalue weighted by Crippen LogP contribution is -2.39. The maximum Gasteiger partial charge on any atom is 0.193 e. The van der Waals surface area contributed by atoms with Crippen molar-refractivity contribution >= 4 is 17.2 Å². The highest BCUT2D eigenvalue weighted by Crippen LogP contribution is 2.20. The van der Waals surface area contributed by atoms with Gasteiger partial charge in [0.2, 0.25) is 0 Å². The van der Waals surface area contributed by atoms with Gasteiger partial charge >= 0.3 is 0 Å². The third-order valence-corrected chi connectivity index (χ3v) is 4.18. The summed E-state index contributed by atoms with van der Waals surface area (Å²) in [6.07, 6.45) is 1.03. The summed E-state index contributed by atoms with van der Waals surface area (Å²) < 4.78 is 11.4. The fraction of sp³-hybridized carbons (Fsp3) is 0.316. The van der Waals surface area contributed by atoms with Crippen LogP contribution in [0.3, 0.4) is 0 Å². The molecule has 0 saturated carbocycles. The summed E-state index contributed by atoms with van der Waals surface area (Å²) in [4.78, 5) is 12.5. The zero-order valence-electron chi connectivity index (χ0n) is 14.0. The van der Waals surface area contributed by atoms with Gasteiger partial charge in [0.1, 0.15) is 5.75 Å². The van der Waals surface area contributed by atoms with Crippen LogP contribution in [0.5, 0.6) is 5.75 Å². The van der Waals surface area contributed by atoms with Crippen molar-refractivity contribution in [1.82, 2.24) is 5.32 Å². The lowest BCUT2D eigenvalue weighted by Gasteiger charge is -2.23. The van der Waals surface area contributed by atoms with E-state index in [0.717, 1.165) is 31.9 Å². The summed E-state index contributed by atoms with van der Waals surface area (Å²) in [7, 11) is 0. The average Bonchev–Trinajstić information content (AvgIpc) is 2.65. The highest BCUT2D eigenvalue weighted by atomic mass is 16.5. The molecule has 3 rings (SSSR count). The van der Waals surface area contributed by atoms with E-state index in [4.69, 9.17) is 20.9 Å². The molecule has 1 aliphatic heterocycles. The van der Waals surface area contributed by atoms with Crippen LogP contribution in [0.2, 0.25) is 0 Å². The summed E-state index contributed by atoms with van der Waals surface area (Å²) in [5, 5.41) is 3.29. The minimum atomic E-state index is -0.0973. The largest absolute Gasteiger partial charge is 0.493 e. The Morgan fingerprint density at radius 1 is 1.12 bits per heavy atom. The Morgan fingerprint density at radius 3 is 2.56 bits per heavy atom. The molecule has 0 spiro atoms. The number of carbonyl (C=O) groups is 1. The van der Waals surface area contributed by atoms with Gasteiger partial charge in [0.05, 0.1) is 30.7 Å². The van der Waals surface area contributed by atoms with Gasteiger partial charge in [-0.1, -0.05) is 0 Å². The molecule has 0 amide bonds. The molecule has 1 aliphatic rings. The molecule has 1 fully saturated rings. The second-order valence-electron chi connectivity index (χ2n) is 6.03. The molecule has 5 N–H and O–H groups in total. The maximum absolute atomic E-state index is 12.5. The molecular formula is C19H23N3O3. The van der Waals surface area contributed by atoms with Crippen LogP contribution in [0.15, 0.2) is 42.5 Å². The molecular weight excluding hydrogens is 318 g/mol. The number of morpholine rings is 1. The number of ether oxygens (including phenoxy) is 2. The lowest BCUT2D eigenvalue weighted by molar-refractivity contribution is 0.0159. The first-order valence-electron chi connectivity index (χ1n) is 8.38. The number of benzene rings is 2. The summed E-state index contributed by atoms with van der Waals surface area (Å²) in [5.41, 5.74) is 13.4. The number of ketones is 1. The number of rotatable bonds is 6. The molecule has 2 aromatic rings. The molecule has 1 atom stereocenters. The molecule has 1 saturated heterocycles. The van der Waals surface area contributed by atoms with Crippen molar-refractivity contribution < 1.29 is 14.3 Å². The van der Waals surface area contributed by atoms with Crippen molar-refractivity contribution in [3.05, 3.63) is 53.6 Å². The minimum absolute atomic E-state index is 0.0973. The van der Waals surface area contributed by atoms with Crippen molar-refractivity contribution in [2.24, 2.45) is 0 Å². The SMILES string of the molecule is Nc1ccc(C(=O)c2ccc(OCCC3CNCCO3)cc2)cc1N. The third kappa shape index (κ3) is 4.49. The van der Waals surface area contributed by atoms with Crippen LogP contribution in [-0.4, -0.2) is 38.2 Å². The molecule has 6 heteroatoms. The summed E-state index contributed by atoms with van der Waals surface area (Å²) in [5.74, 6) is 0.636. The van der Waals surface area contributed by atoms with Gasteiger partial charge < -0.3 is 26.3 Å². The van der Waals surface area contributed by atoms with Crippen LogP contribution in [0.25, 0.3) is 0 Å². The lowest BCUT2D eigenvalue weighted by atomic mass is 10.0. The molecule has 0 radical (unpaired) electrons. The smallest absolute Gasteiger partial charge is 0.193 e. The van der Waals surface area contributed by atoms with E-state index < -0.39 is 0 Å². The van der Waals surface area contributed by atoms with Crippen LogP contribution >= 0.6 is 0 Å². The molecule has 25 heavy (non-hydrogen) atoms. The van der Waals surface area contributed by atoms with Gasteiger partial charge in [-0.05, 0) is 42.5 Å². The first kappa shape index (κ1) is 17.3. The summed E-state index contributed by atoms with van der Waals surface area (Å²) >= 11 is 0. The molecule has 1 heterocycles. The number of nitrogens with two attached hydrogens (primary N) is 2. The molecule has 2 aromatic carbocycles.